The molecule has 11 heteroatoms. The Morgan fingerprint density at radius 2 is 1.82 bits per heavy atom. The summed E-state index contributed by atoms with van der Waals surface area (Å²) in [5.41, 5.74) is 5.52. The van der Waals surface area contributed by atoms with Gasteiger partial charge in [0.05, 0.1) is 32.0 Å². The first-order chi connectivity index (χ1) is 23.8. The lowest BCUT2D eigenvalue weighted by Gasteiger charge is -2.71. The molecule has 4 fully saturated rings. The van der Waals surface area contributed by atoms with Crippen molar-refractivity contribution in [3.63, 3.8) is 0 Å². The summed E-state index contributed by atoms with van der Waals surface area (Å²) in [7, 11) is 1.98. The molecule has 12 atom stereocenters. The average molecular weight is 712 g/mol. The second-order valence-corrected chi connectivity index (χ2v) is 19.1. The zero-order valence-electron chi connectivity index (χ0n) is 33.0. The first kappa shape index (κ1) is 38.2. The number of primary amides is 1. The SMILES string of the molecule is CN[C@@](C)(CO[C@H]1[C@H](n2ncnc2C(N)=O)C[C@@]23COC[C@]1(C)[C@@H]2CC[C@H]1C3=CC[C@]2(C)[C@H](OC(=O)O)[C@@](C)([C@H](C)C(C)C)CC[C@]12C)C(C)C. The third-order valence-electron chi connectivity index (χ3n) is 16.5. The Hall–Kier alpha value is -2.50. The number of nitrogens with one attached hydrogen (secondary N) is 1. The standard InChI is InChI=1S/C40H65N5O6/c1-23(2)25(5)35(6)16-17-37(8)26-12-13-29-36(7)19-49-21-40(29,27(26)14-15-38(37,9)33(35)51-34(47)48)18-28(45-32(31(41)46)43-22-44-45)30(36)50-20-39(10,42-11)24(3)4/h14,22-26,28-30,33,42H,12-13,15-21H2,1-11H3,(H2,41,46)(H,47,48)/t25-,26+,28-,29+,30+,33-,35-,36-,37-,38-,39+,40+/m1/s1. The lowest BCUT2D eigenvalue weighted by molar-refractivity contribution is -0.257. The molecule has 0 spiro atoms. The molecule has 11 nitrogen and oxygen atoms in total. The van der Waals surface area contributed by atoms with Gasteiger partial charge in [0.15, 0.2) is 0 Å². The van der Waals surface area contributed by atoms with Crippen LogP contribution in [0.2, 0.25) is 0 Å². The molecule has 1 saturated heterocycles. The number of nitrogens with zero attached hydrogens (tertiary/aromatic N) is 3. The molecule has 4 aliphatic carbocycles. The Bertz CT molecular complexity index is 1540. The van der Waals surface area contributed by atoms with Crippen molar-refractivity contribution in [2.75, 3.05) is 26.9 Å². The zero-order chi connectivity index (χ0) is 37.5. The monoisotopic (exact) mass is 711 g/mol. The Labute approximate surface area is 305 Å². The average Bonchev–Trinajstić information content (AvgIpc) is 3.56. The minimum atomic E-state index is -1.19. The van der Waals surface area contributed by atoms with Crippen molar-refractivity contribution in [2.45, 2.75) is 132 Å². The number of carboxylic acid groups (broad SMARTS) is 1. The quantitative estimate of drug-likeness (QED) is 0.174. The van der Waals surface area contributed by atoms with Gasteiger partial charge in [-0.25, -0.2) is 14.5 Å². The molecule has 1 amide bonds. The van der Waals surface area contributed by atoms with Crippen LogP contribution < -0.4 is 11.1 Å². The molecular formula is C40H65N5O6. The molecule has 1 aliphatic heterocycles. The summed E-state index contributed by atoms with van der Waals surface area (Å²) in [5, 5.41) is 18.3. The molecule has 286 valence electrons. The summed E-state index contributed by atoms with van der Waals surface area (Å²) in [6.45, 7) is 24.3. The van der Waals surface area contributed by atoms with Gasteiger partial charge in [-0.05, 0) is 87.5 Å². The normalized spacial score (nSPS) is 42.2. The van der Waals surface area contributed by atoms with Crippen LogP contribution in [-0.4, -0.2) is 76.5 Å². The predicted octanol–water partition coefficient (Wildman–Crippen LogP) is 6.89. The number of allylic oxidation sites excluding steroid dienone is 1. The highest BCUT2D eigenvalue weighted by atomic mass is 16.7. The number of rotatable bonds is 10. The maximum Gasteiger partial charge on any atom is 0.506 e. The summed E-state index contributed by atoms with van der Waals surface area (Å²) in [5.74, 6) is 1.06. The van der Waals surface area contributed by atoms with Gasteiger partial charge in [-0.3, -0.25) is 4.79 Å². The molecule has 1 aromatic rings. The van der Waals surface area contributed by atoms with E-state index in [0.717, 1.165) is 32.1 Å². The van der Waals surface area contributed by atoms with E-state index in [2.05, 4.69) is 90.7 Å². The molecule has 1 aromatic heterocycles. The van der Waals surface area contributed by atoms with Crippen LogP contribution >= 0.6 is 0 Å². The topological polar surface area (TPSA) is 151 Å². The number of hydrogen-bond acceptors (Lipinski definition) is 8. The Balaban J connectivity index is 1.47. The number of carbonyl (C=O) groups excluding carboxylic acids is 1. The first-order valence-corrected chi connectivity index (χ1v) is 19.4. The summed E-state index contributed by atoms with van der Waals surface area (Å²) in [6, 6.07) is -0.293. The highest BCUT2D eigenvalue weighted by Crippen LogP contribution is 2.74. The van der Waals surface area contributed by atoms with Crippen molar-refractivity contribution >= 4 is 12.1 Å². The maximum atomic E-state index is 12.8. The summed E-state index contributed by atoms with van der Waals surface area (Å²) in [4.78, 5) is 29.5. The number of aromatic nitrogens is 3. The van der Waals surface area contributed by atoms with Crippen LogP contribution in [0.25, 0.3) is 0 Å². The maximum absolute atomic E-state index is 12.8. The highest BCUT2D eigenvalue weighted by molar-refractivity contribution is 5.89. The van der Waals surface area contributed by atoms with Crippen LogP contribution in [0.3, 0.4) is 0 Å². The van der Waals surface area contributed by atoms with E-state index in [1.54, 1.807) is 4.68 Å². The fraction of sp³-hybridized carbons (Fsp3) is 0.850. The molecule has 0 aromatic carbocycles. The molecular weight excluding hydrogens is 646 g/mol. The molecule has 5 aliphatic rings. The van der Waals surface area contributed by atoms with Gasteiger partial charge >= 0.3 is 6.16 Å². The molecule has 4 N–H and O–H groups in total. The third kappa shape index (κ3) is 5.44. The van der Waals surface area contributed by atoms with Crippen LogP contribution in [-0.2, 0) is 14.2 Å². The summed E-state index contributed by atoms with van der Waals surface area (Å²) < 4.78 is 21.6. The molecule has 2 heterocycles. The van der Waals surface area contributed by atoms with E-state index in [1.165, 1.54) is 11.9 Å². The van der Waals surface area contributed by atoms with Gasteiger partial charge in [-0.1, -0.05) is 74.0 Å². The minimum Gasteiger partial charge on any atom is -0.450 e. The van der Waals surface area contributed by atoms with Crippen LogP contribution in [0.4, 0.5) is 4.79 Å². The molecule has 3 saturated carbocycles. The first-order valence-electron chi connectivity index (χ1n) is 19.4. The van der Waals surface area contributed by atoms with Crippen molar-refractivity contribution in [3.05, 3.63) is 23.8 Å². The van der Waals surface area contributed by atoms with E-state index in [9.17, 15) is 14.7 Å². The molecule has 0 unspecified atom stereocenters. The lowest BCUT2D eigenvalue weighted by atomic mass is 9.35. The van der Waals surface area contributed by atoms with Crippen LogP contribution in [0.15, 0.2) is 18.0 Å². The molecule has 6 rings (SSSR count). The Kier molecular flexibility index (Phi) is 9.61. The Morgan fingerprint density at radius 1 is 1.12 bits per heavy atom. The second kappa shape index (κ2) is 12.8. The van der Waals surface area contributed by atoms with Crippen LogP contribution in [0, 0.1) is 56.7 Å². The third-order valence-corrected chi connectivity index (χ3v) is 16.5. The molecule has 2 bridgehead atoms. The number of hydrogen-bond donors (Lipinski definition) is 3. The van der Waals surface area contributed by atoms with E-state index in [4.69, 9.17) is 19.9 Å². The number of nitrogens with two attached hydrogens (primary N) is 1. The number of amides is 1. The second-order valence-electron chi connectivity index (χ2n) is 19.1. The molecule has 0 radical (unpaired) electrons. The van der Waals surface area contributed by atoms with Gasteiger partial charge in [0.2, 0.25) is 5.82 Å². The van der Waals surface area contributed by atoms with Gasteiger partial charge in [-0.2, -0.15) is 5.10 Å². The Morgan fingerprint density at radius 3 is 2.43 bits per heavy atom. The number of fused-ring (bicyclic) bond motifs is 3. The lowest BCUT2D eigenvalue weighted by Crippen LogP contribution is -2.70. The van der Waals surface area contributed by atoms with Crippen molar-refractivity contribution in [3.8, 4) is 0 Å². The fourth-order valence-corrected chi connectivity index (χ4v) is 12.3. The largest absolute Gasteiger partial charge is 0.506 e. The summed E-state index contributed by atoms with van der Waals surface area (Å²) in [6.07, 6.45) is 7.31. The van der Waals surface area contributed by atoms with Gasteiger partial charge in [0.25, 0.3) is 5.91 Å². The van der Waals surface area contributed by atoms with E-state index in [-0.39, 0.29) is 62.9 Å². The zero-order valence-corrected chi connectivity index (χ0v) is 33.0. The van der Waals surface area contributed by atoms with E-state index >= 15 is 0 Å². The number of ether oxygens (including phenoxy) is 3. The van der Waals surface area contributed by atoms with Crippen molar-refractivity contribution in [1.29, 1.82) is 0 Å². The van der Waals surface area contributed by atoms with Crippen molar-refractivity contribution in [2.24, 2.45) is 62.4 Å². The van der Waals surface area contributed by atoms with E-state index in [1.807, 2.05) is 7.05 Å². The van der Waals surface area contributed by atoms with Gasteiger partial charge in [0.1, 0.15) is 12.4 Å². The van der Waals surface area contributed by atoms with Gasteiger partial charge in [-0.15, -0.1) is 0 Å². The number of carbonyl (C=O) groups is 2. The van der Waals surface area contributed by atoms with Crippen molar-refractivity contribution in [1.82, 2.24) is 20.1 Å². The number of likely N-dealkylation sites (N-methyl/N-ethyl adjacent to an activating group) is 1. The predicted molar refractivity (Wildman–Crippen MR) is 195 cm³/mol. The smallest absolute Gasteiger partial charge is 0.450 e. The van der Waals surface area contributed by atoms with Crippen molar-refractivity contribution < 1.29 is 28.9 Å². The van der Waals surface area contributed by atoms with Crippen LogP contribution in [0.5, 0.6) is 0 Å². The highest BCUT2D eigenvalue weighted by Gasteiger charge is 2.72. The van der Waals surface area contributed by atoms with E-state index in [0.29, 0.717) is 38.1 Å². The van der Waals surface area contributed by atoms with E-state index < -0.39 is 23.6 Å². The molecule has 51 heavy (non-hydrogen) atoms. The fourth-order valence-electron chi connectivity index (χ4n) is 12.3. The van der Waals surface area contributed by atoms with Gasteiger partial charge < -0.3 is 30.4 Å². The summed E-state index contributed by atoms with van der Waals surface area (Å²) >= 11 is 0. The minimum absolute atomic E-state index is 0.148. The van der Waals surface area contributed by atoms with Gasteiger partial charge in [0, 0.05) is 27.2 Å². The van der Waals surface area contributed by atoms with Crippen LogP contribution in [0.1, 0.15) is 124 Å².